The maximum Gasteiger partial charge on any atom is 0.244 e. The predicted molar refractivity (Wildman–Crippen MR) is 85.7 cm³/mol. The molecule has 8 nitrogen and oxygen atoms in total. The first-order valence-corrected chi connectivity index (χ1v) is 8.04. The number of carbonyl (C=O) groups is 1. The van der Waals surface area contributed by atoms with E-state index < -0.39 is 0 Å². The second kappa shape index (κ2) is 6.42. The highest BCUT2D eigenvalue weighted by Gasteiger charge is 2.18. The molecular formula is C16H16FN7O. The summed E-state index contributed by atoms with van der Waals surface area (Å²) >= 11 is 0. The lowest BCUT2D eigenvalue weighted by Gasteiger charge is -2.03. The van der Waals surface area contributed by atoms with Crippen LogP contribution in [0.4, 0.5) is 4.39 Å². The summed E-state index contributed by atoms with van der Waals surface area (Å²) in [7, 11) is 0. The number of hydrogen-bond donors (Lipinski definition) is 2. The quantitative estimate of drug-likeness (QED) is 0.721. The van der Waals surface area contributed by atoms with Crippen LogP contribution < -0.4 is 5.32 Å². The van der Waals surface area contributed by atoms with E-state index in [0.29, 0.717) is 17.9 Å². The van der Waals surface area contributed by atoms with Gasteiger partial charge in [-0.2, -0.15) is 9.90 Å². The molecule has 128 valence electrons. The van der Waals surface area contributed by atoms with Crippen molar-refractivity contribution in [3.63, 3.8) is 0 Å². The second-order valence-electron chi connectivity index (χ2n) is 5.91. The number of H-pyrrole nitrogens is 1. The van der Waals surface area contributed by atoms with Crippen molar-refractivity contribution in [2.45, 2.75) is 32.4 Å². The van der Waals surface area contributed by atoms with E-state index in [2.05, 4.69) is 30.9 Å². The maximum atomic E-state index is 12.9. The molecule has 2 heterocycles. The molecule has 1 amide bonds. The Balaban J connectivity index is 1.35. The highest BCUT2D eigenvalue weighted by Crippen LogP contribution is 2.22. The molecule has 0 unspecified atom stereocenters. The number of nitrogens with zero attached hydrogens (tertiary/aromatic N) is 5. The molecule has 9 heteroatoms. The van der Waals surface area contributed by atoms with Crippen molar-refractivity contribution in [1.82, 2.24) is 35.7 Å². The molecule has 0 bridgehead atoms. The summed E-state index contributed by atoms with van der Waals surface area (Å²) in [6, 6.07) is 5.78. The predicted octanol–water partition coefficient (Wildman–Crippen LogP) is 1.01. The van der Waals surface area contributed by atoms with Crippen molar-refractivity contribution in [1.29, 1.82) is 0 Å². The number of benzene rings is 1. The van der Waals surface area contributed by atoms with Crippen LogP contribution in [0.15, 0.2) is 24.3 Å². The molecule has 0 saturated carbocycles. The number of rotatable bonds is 5. The summed E-state index contributed by atoms with van der Waals surface area (Å²) in [5.41, 5.74) is 3.92. The van der Waals surface area contributed by atoms with Crippen molar-refractivity contribution >= 4 is 5.91 Å². The SMILES string of the molecule is O=C(Cn1nnc(-c2ccc(F)cc2)n1)NCc1n[nH]c2c1CCC2. The van der Waals surface area contributed by atoms with Gasteiger partial charge in [-0.15, -0.1) is 10.2 Å². The van der Waals surface area contributed by atoms with Gasteiger partial charge in [-0.25, -0.2) is 4.39 Å². The molecule has 2 aromatic heterocycles. The summed E-state index contributed by atoms with van der Waals surface area (Å²) in [6.45, 7) is 0.338. The normalized spacial score (nSPS) is 13.0. The summed E-state index contributed by atoms with van der Waals surface area (Å²) in [6.07, 6.45) is 3.15. The molecule has 0 fully saturated rings. The Bertz CT molecular complexity index is 900. The summed E-state index contributed by atoms with van der Waals surface area (Å²) in [5, 5.41) is 22.0. The molecule has 0 radical (unpaired) electrons. The topological polar surface area (TPSA) is 101 Å². The fraction of sp³-hybridized carbons (Fsp3) is 0.312. The van der Waals surface area contributed by atoms with Gasteiger partial charge in [0.2, 0.25) is 11.7 Å². The van der Waals surface area contributed by atoms with Crippen molar-refractivity contribution in [2.75, 3.05) is 0 Å². The van der Waals surface area contributed by atoms with E-state index in [0.717, 1.165) is 25.0 Å². The lowest BCUT2D eigenvalue weighted by atomic mass is 10.2. The summed E-state index contributed by atoms with van der Waals surface area (Å²) in [5.74, 6) is -0.212. The zero-order valence-electron chi connectivity index (χ0n) is 13.4. The third-order valence-corrected chi connectivity index (χ3v) is 4.19. The highest BCUT2D eigenvalue weighted by molar-refractivity contribution is 5.75. The van der Waals surface area contributed by atoms with Gasteiger partial charge in [0.15, 0.2) is 0 Å². The molecule has 1 aliphatic rings. The molecule has 0 atom stereocenters. The largest absolute Gasteiger partial charge is 0.349 e. The van der Waals surface area contributed by atoms with E-state index in [1.807, 2.05) is 0 Å². The van der Waals surface area contributed by atoms with Gasteiger partial charge in [-0.1, -0.05) is 0 Å². The third kappa shape index (κ3) is 3.25. The van der Waals surface area contributed by atoms with Crippen LogP contribution in [0.5, 0.6) is 0 Å². The van der Waals surface area contributed by atoms with Crippen LogP contribution in [0.25, 0.3) is 11.4 Å². The van der Waals surface area contributed by atoms with Crippen LogP contribution in [-0.4, -0.2) is 36.3 Å². The molecule has 25 heavy (non-hydrogen) atoms. The van der Waals surface area contributed by atoms with E-state index in [4.69, 9.17) is 0 Å². The zero-order valence-corrected chi connectivity index (χ0v) is 13.4. The number of nitrogens with one attached hydrogen (secondary N) is 2. The van der Waals surface area contributed by atoms with Gasteiger partial charge in [0.05, 0.1) is 12.2 Å². The van der Waals surface area contributed by atoms with E-state index in [1.165, 1.54) is 28.2 Å². The number of amides is 1. The smallest absolute Gasteiger partial charge is 0.244 e. The average molecular weight is 341 g/mol. The number of aromatic nitrogens is 6. The molecule has 3 aromatic rings. The molecule has 4 rings (SSSR count). The Labute approximate surface area is 142 Å². The number of hydrogen-bond acceptors (Lipinski definition) is 5. The minimum absolute atomic E-state index is 0.0409. The van der Waals surface area contributed by atoms with Gasteiger partial charge < -0.3 is 5.32 Å². The first-order valence-electron chi connectivity index (χ1n) is 8.04. The van der Waals surface area contributed by atoms with Gasteiger partial charge in [0, 0.05) is 11.3 Å². The van der Waals surface area contributed by atoms with Crippen LogP contribution in [0, 0.1) is 5.82 Å². The summed E-state index contributed by atoms with van der Waals surface area (Å²) < 4.78 is 12.9. The molecule has 0 saturated heterocycles. The van der Waals surface area contributed by atoms with Crippen LogP contribution in [0.1, 0.15) is 23.4 Å². The van der Waals surface area contributed by atoms with Gasteiger partial charge in [0.25, 0.3) is 0 Å². The molecular weight excluding hydrogens is 325 g/mol. The van der Waals surface area contributed by atoms with Crippen molar-refractivity contribution in [2.24, 2.45) is 0 Å². The van der Waals surface area contributed by atoms with E-state index in [1.54, 1.807) is 12.1 Å². The van der Waals surface area contributed by atoms with Crippen molar-refractivity contribution < 1.29 is 9.18 Å². The Morgan fingerprint density at radius 3 is 2.96 bits per heavy atom. The maximum absolute atomic E-state index is 12.9. The zero-order chi connectivity index (χ0) is 17.2. The lowest BCUT2D eigenvalue weighted by Crippen LogP contribution is -2.28. The number of carbonyl (C=O) groups excluding carboxylic acids is 1. The standard InChI is InChI=1S/C16H16FN7O/c17-11-6-4-10(5-7-11)16-21-23-24(22-16)9-15(25)18-8-14-12-2-1-3-13(12)19-20-14/h4-7H,1-3,8-9H2,(H,18,25)(H,19,20). The average Bonchev–Trinajstić information content (AvgIpc) is 3.31. The van der Waals surface area contributed by atoms with Crippen LogP contribution >= 0.6 is 0 Å². The minimum atomic E-state index is -0.333. The van der Waals surface area contributed by atoms with Crippen LogP contribution in [-0.2, 0) is 30.7 Å². The Kier molecular flexibility index (Phi) is 3.96. The highest BCUT2D eigenvalue weighted by atomic mass is 19.1. The van der Waals surface area contributed by atoms with E-state index in [-0.39, 0.29) is 18.3 Å². The molecule has 0 spiro atoms. The molecule has 0 aliphatic heterocycles. The Morgan fingerprint density at radius 2 is 2.12 bits per heavy atom. The van der Waals surface area contributed by atoms with Gasteiger partial charge >= 0.3 is 0 Å². The van der Waals surface area contributed by atoms with Gasteiger partial charge in [-0.05, 0) is 54.3 Å². The molecule has 1 aromatic carbocycles. The fourth-order valence-electron chi connectivity index (χ4n) is 2.93. The summed E-state index contributed by atoms with van der Waals surface area (Å²) in [4.78, 5) is 13.3. The second-order valence-corrected chi connectivity index (χ2v) is 5.91. The van der Waals surface area contributed by atoms with E-state index >= 15 is 0 Å². The van der Waals surface area contributed by atoms with Gasteiger partial charge in [0.1, 0.15) is 12.4 Å². The van der Waals surface area contributed by atoms with Crippen molar-refractivity contribution in [3.8, 4) is 11.4 Å². The number of tetrazole rings is 1. The Hall–Kier alpha value is -3.10. The van der Waals surface area contributed by atoms with Crippen LogP contribution in [0.2, 0.25) is 0 Å². The minimum Gasteiger partial charge on any atom is -0.349 e. The number of fused-ring (bicyclic) bond motifs is 1. The Morgan fingerprint density at radius 1 is 1.28 bits per heavy atom. The van der Waals surface area contributed by atoms with Crippen molar-refractivity contribution in [3.05, 3.63) is 47.0 Å². The fourth-order valence-corrected chi connectivity index (χ4v) is 2.93. The number of halogens is 1. The third-order valence-electron chi connectivity index (χ3n) is 4.19. The number of aryl methyl sites for hydroxylation is 1. The van der Waals surface area contributed by atoms with Gasteiger partial charge in [-0.3, -0.25) is 9.89 Å². The van der Waals surface area contributed by atoms with E-state index in [9.17, 15) is 9.18 Å². The molecule has 1 aliphatic carbocycles. The van der Waals surface area contributed by atoms with Crippen LogP contribution in [0.3, 0.4) is 0 Å². The monoisotopic (exact) mass is 341 g/mol. The molecule has 2 N–H and O–H groups in total. The first-order chi connectivity index (χ1) is 12.2. The number of aromatic amines is 1. The first kappa shape index (κ1) is 15.4. The lowest BCUT2D eigenvalue weighted by molar-refractivity contribution is -0.122.